The second-order valence-corrected chi connectivity index (χ2v) is 29.5. The number of unbranched alkanes of at least 4 members (excludes halogenated alkanes) is 3. The molecule has 5 atom stereocenters. The summed E-state index contributed by atoms with van der Waals surface area (Å²) in [6.45, 7) is 17.4. The summed E-state index contributed by atoms with van der Waals surface area (Å²) in [5.41, 5.74) is 11.6. The number of aromatic nitrogens is 4. The molecular weight excluding hydrogens is 1240 g/mol. The molecule has 8 rings (SSSR count). The Hall–Kier alpha value is -6.01. The van der Waals surface area contributed by atoms with E-state index in [9.17, 15) is 64.5 Å². The number of hydrogen-bond acceptors (Lipinski definition) is 19. The summed E-state index contributed by atoms with van der Waals surface area (Å²) in [5, 5.41) is 17.1. The van der Waals surface area contributed by atoms with Crippen molar-refractivity contribution in [1.82, 2.24) is 24.8 Å². The number of nitrogens with two attached hydrogens (primary N) is 1. The number of anilines is 3. The summed E-state index contributed by atoms with van der Waals surface area (Å²) in [6, 6.07) is 8.49. The number of phosphoric ester groups is 2. The summed E-state index contributed by atoms with van der Waals surface area (Å²) in [4.78, 5) is 66.0. The van der Waals surface area contributed by atoms with E-state index in [0.29, 0.717) is 62.0 Å². The molecule has 0 radical (unpaired) electrons. The van der Waals surface area contributed by atoms with E-state index in [2.05, 4.69) is 102 Å². The highest BCUT2D eigenvalue weighted by Crippen LogP contribution is 2.50. The van der Waals surface area contributed by atoms with Gasteiger partial charge in [-0.3, -0.25) is 23.0 Å². The molecule has 0 aliphatic carbocycles. The monoisotopic (exact) mass is 1320 g/mol. The van der Waals surface area contributed by atoms with Crippen molar-refractivity contribution in [1.29, 1.82) is 0 Å². The molecule has 1 amide bonds. The number of allylic oxidation sites excluding steroid dienone is 9. The molecule has 4 aliphatic rings. The molecule has 4 aliphatic heterocycles. The highest BCUT2D eigenvalue weighted by molar-refractivity contribution is 7.86. The second-order valence-electron chi connectivity index (χ2n) is 24.1. The lowest BCUT2D eigenvalue weighted by atomic mass is 9.75. The molecule has 1 saturated heterocycles. The van der Waals surface area contributed by atoms with Crippen LogP contribution in [-0.4, -0.2) is 149 Å². The minimum absolute atomic E-state index is 0.0171. The molecular formula is C58H79N9O18P2S2. The maximum atomic E-state index is 13.4. The molecule has 4 aromatic rings. The maximum absolute atomic E-state index is 13.4. The molecule has 1 fully saturated rings. The molecule has 486 valence electrons. The van der Waals surface area contributed by atoms with Crippen molar-refractivity contribution in [2.45, 2.75) is 147 Å². The van der Waals surface area contributed by atoms with Gasteiger partial charge in [0.05, 0.1) is 32.6 Å². The van der Waals surface area contributed by atoms with E-state index in [1.807, 2.05) is 48.0 Å². The number of imidazole rings is 1. The predicted octanol–water partition coefficient (Wildman–Crippen LogP) is 7.29. The first-order valence-electron chi connectivity index (χ1n) is 29.1. The van der Waals surface area contributed by atoms with E-state index in [1.54, 1.807) is 6.07 Å². The lowest BCUT2D eigenvalue weighted by Crippen LogP contribution is -2.45. The number of aliphatic hydroxyl groups is 1. The fourth-order valence-electron chi connectivity index (χ4n) is 11.9. The van der Waals surface area contributed by atoms with Gasteiger partial charge in [0, 0.05) is 84.2 Å². The first-order valence-corrected chi connectivity index (χ1v) is 35.2. The number of likely N-dealkylation sites (N-methyl/N-ethyl adjacent to an activating group) is 1. The highest BCUT2D eigenvalue weighted by Gasteiger charge is 2.51. The summed E-state index contributed by atoms with van der Waals surface area (Å²) in [5.74, 6) is 0.627. The van der Waals surface area contributed by atoms with Crippen LogP contribution in [0.15, 0.2) is 89.8 Å². The molecule has 10 N–H and O–H groups in total. The van der Waals surface area contributed by atoms with Crippen LogP contribution in [0.4, 0.5) is 23.1 Å². The van der Waals surface area contributed by atoms with Crippen LogP contribution in [0.1, 0.15) is 130 Å². The van der Waals surface area contributed by atoms with E-state index >= 15 is 0 Å². The maximum Gasteiger partial charge on any atom is 0.470 e. The lowest BCUT2D eigenvalue weighted by molar-refractivity contribution is -0.437. The predicted molar refractivity (Wildman–Crippen MR) is 333 cm³/mol. The Labute approximate surface area is 517 Å². The molecule has 2 aromatic carbocycles. The lowest BCUT2D eigenvalue weighted by Gasteiger charge is -2.43. The SMILES string of the molecule is CCN1c2cc3c(cc2C(C)=CC1(C)C)C(=CC=CC=CC1=[N+](CCCS(=O)(=O)[O-])c2ccc(S(=O)(=O)O)cc2C1(C)CCCC(=O)NCCCCCCNc1nc2c(N)ncnc2n1[C@@H]1O[C@H](COP(=O)(O)O)[C@@H](O)[C@H]1OP(=O)(O)O)C=C(C(C)(C)C)O3. The average molecular weight is 1320 g/mol. The van der Waals surface area contributed by atoms with E-state index in [1.165, 1.54) is 16.7 Å². The quantitative estimate of drug-likeness (QED) is 0.00929. The number of nitrogen functional groups attached to an aromatic ring is 1. The van der Waals surface area contributed by atoms with Gasteiger partial charge in [0.25, 0.3) is 10.1 Å². The zero-order valence-electron chi connectivity index (χ0n) is 50.8. The van der Waals surface area contributed by atoms with Crippen LogP contribution in [0.5, 0.6) is 5.75 Å². The number of fused-ring (bicyclic) bond motifs is 4. The Balaban J connectivity index is 0.936. The number of phosphoric acid groups is 2. The number of rotatable bonds is 27. The molecule has 0 saturated carbocycles. The number of hydrogen-bond donors (Lipinski definition) is 9. The summed E-state index contributed by atoms with van der Waals surface area (Å²) in [6.07, 6.45) is 11.2. The number of benzene rings is 2. The van der Waals surface area contributed by atoms with Crippen molar-refractivity contribution in [2.24, 2.45) is 5.41 Å². The van der Waals surface area contributed by atoms with E-state index < -0.39 is 78.2 Å². The van der Waals surface area contributed by atoms with Crippen LogP contribution >= 0.6 is 15.6 Å². The summed E-state index contributed by atoms with van der Waals surface area (Å²) < 4.78 is 119. The number of amides is 1. The number of nitrogens with one attached hydrogen (secondary N) is 2. The minimum atomic E-state index is -5.30. The van der Waals surface area contributed by atoms with Gasteiger partial charge in [-0.25, -0.2) is 32.5 Å². The van der Waals surface area contributed by atoms with Crippen LogP contribution in [0.3, 0.4) is 0 Å². The molecule has 31 heteroatoms. The Kier molecular flexibility index (Phi) is 20.9. The van der Waals surface area contributed by atoms with Gasteiger partial charge in [0.2, 0.25) is 17.5 Å². The molecule has 0 bridgehead atoms. The Bertz CT molecular complexity index is 3880. The van der Waals surface area contributed by atoms with E-state index in [0.717, 1.165) is 52.3 Å². The average Bonchev–Trinajstić information content (AvgIpc) is 1.81. The van der Waals surface area contributed by atoms with Crippen LogP contribution < -0.4 is 26.0 Å². The van der Waals surface area contributed by atoms with Crippen LogP contribution in [-0.2, 0) is 53.4 Å². The number of aliphatic hydroxyl groups excluding tert-OH is 1. The normalized spacial score (nSPS) is 21.8. The van der Waals surface area contributed by atoms with Gasteiger partial charge in [0.1, 0.15) is 42.7 Å². The Morgan fingerprint density at radius 1 is 0.955 bits per heavy atom. The molecule has 1 unspecified atom stereocenters. The van der Waals surface area contributed by atoms with E-state index in [4.69, 9.17) is 19.7 Å². The summed E-state index contributed by atoms with van der Waals surface area (Å²) >= 11 is 0. The van der Waals surface area contributed by atoms with Crippen LogP contribution in [0, 0.1) is 5.41 Å². The van der Waals surface area contributed by atoms with Gasteiger partial charge in [-0.05, 0) is 95.7 Å². The third-order valence-electron chi connectivity index (χ3n) is 16.0. The van der Waals surface area contributed by atoms with E-state index in [-0.39, 0.29) is 70.6 Å². The molecule has 27 nitrogen and oxygen atoms in total. The van der Waals surface area contributed by atoms with Gasteiger partial charge >= 0.3 is 15.6 Å². The fourth-order valence-corrected chi connectivity index (χ4v) is 13.7. The molecule has 0 spiro atoms. The number of nitrogens with zero attached hydrogens (tertiary/aromatic N) is 6. The third-order valence-corrected chi connectivity index (χ3v) is 18.7. The third kappa shape index (κ3) is 16.6. The largest absolute Gasteiger partial charge is 0.748 e. The number of carbonyl (C=O) groups excluding carboxylic acids is 1. The number of ether oxygens (including phenoxy) is 2. The van der Waals surface area contributed by atoms with Gasteiger partial charge in [-0.2, -0.15) is 13.0 Å². The molecule has 6 heterocycles. The van der Waals surface area contributed by atoms with Gasteiger partial charge in [0.15, 0.2) is 28.9 Å². The van der Waals surface area contributed by atoms with Crippen molar-refractivity contribution in [3.05, 3.63) is 102 Å². The molecule has 89 heavy (non-hydrogen) atoms. The number of carbonyl (C=O) groups is 1. The topological polar surface area (TPSA) is 401 Å². The Morgan fingerprint density at radius 2 is 1.67 bits per heavy atom. The van der Waals surface area contributed by atoms with Crippen LogP contribution in [0.25, 0.3) is 22.3 Å². The first kappa shape index (κ1) is 68.9. The van der Waals surface area contributed by atoms with Gasteiger partial charge < -0.3 is 60.0 Å². The standard InChI is InChI=1S/C58H79N9O18P2S2/c1-9-66-43-32-44-40(31-39(43)36(2)33-57(66,6)7)37(29-47(83-44)56(3,4)5)19-13-12-14-20-46-58(8,41-30-38(89(79,80)81)22-23-42(41)65(46)27-18-28-88(76,77)78)24-17-21-48(68)60-25-15-10-11-16-26-61-55-64-49-52(59)62-35-63-53(49)67(55)54-51(85-87(73,74)75)50(69)45(84-54)34-82-86(70,71)72/h12-14,19-20,22-23,29-33,35,45,50-51,54,69H,9-11,15-18,21,24-28,34H2,1-8H3,(H9-,59,60,61,62,63,64,68,70,71,72,73,74,75,76,77,78,79,80,81)/t45-,50-,51-,54-,58?/m1/s1. The smallest absolute Gasteiger partial charge is 0.470 e. The fraction of sp³-hybridized carbons (Fsp3) is 0.500. The van der Waals surface area contributed by atoms with Crippen molar-refractivity contribution >= 4 is 93.0 Å². The van der Waals surface area contributed by atoms with Crippen molar-refractivity contribution < 1.29 is 87.6 Å². The Morgan fingerprint density at radius 3 is 2.34 bits per heavy atom. The summed E-state index contributed by atoms with van der Waals surface area (Å²) in [7, 11) is -19.6. The van der Waals surface area contributed by atoms with Crippen molar-refractivity contribution in [2.75, 3.05) is 54.5 Å². The van der Waals surface area contributed by atoms with Gasteiger partial charge in [-0.15, -0.1) is 0 Å². The van der Waals surface area contributed by atoms with Crippen molar-refractivity contribution in [3.8, 4) is 5.75 Å². The van der Waals surface area contributed by atoms with Crippen LogP contribution in [0.2, 0.25) is 0 Å². The highest BCUT2D eigenvalue weighted by atomic mass is 32.2. The second kappa shape index (κ2) is 27.1. The minimum Gasteiger partial charge on any atom is -0.748 e. The zero-order valence-corrected chi connectivity index (χ0v) is 54.2. The molecule has 2 aromatic heterocycles. The van der Waals surface area contributed by atoms with Crippen molar-refractivity contribution in [3.63, 3.8) is 0 Å². The van der Waals surface area contributed by atoms with Gasteiger partial charge in [-0.1, -0.05) is 64.0 Å². The first-order chi connectivity index (χ1) is 41.5. The zero-order chi connectivity index (χ0) is 65.2.